The van der Waals surface area contributed by atoms with Gasteiger partial charge in [0, 0.05) is 5.56 Å². The standard InChI is InChI=1S/C13H13FO/c1-4-9-7-10(14)5-6-11(9)13-12(15-13)8(2)3/h1,5-8,12-13H,2-3H3. The topological polar surface area (TPSA) is 12.5 Å². The molecule has 0 aromatic heterocycles. The highest BCUT2D eigenvalue weighted by Crippen LogP contribution is 2.44. The minimum absolute atomic E-state index is 0.0525. The Morgan fingerprint density at radius 3 is 2.73 bits per heavy atom. The van der Waals surface area contributed by atoms with Crippen LogP contribution in [0.5, 0.6) is 0 Å². The summed E-state index contributed by atoms with van der Waals surface area (Å²) in [5.74, 6) is 2.66. The van der Waals surface area contributed by atoms with E-state index in [0.29, 0.717) is 11.5 Å². The Balaban J connectivity index is 2.28. The maximum Gasteiger partial charge on any atom is 0.124 e. The number of hydrogen-bond acceptors (Lipinski definition) is 1. The number of halogens is 1. The lowest BCUT2D eigenvalue weighted by Gasteiger charge is -2.02. The van der Waals surface area contributed by atoms with Crippen molar-refractivity contribution in [1.29, 1.82) is 0 Å². The number of hydrogen-bond donors (Lipinski definition) is 0. The molecule has 1 heterocycles. The van der Waals surface area contributed by atoms with Crippen LogP contribution in [0.1, 0.15) is 31.1 Å². The second kappa shape index (κ2) is 3.67. The summed E-state index contributed by atoms with van der Waals surface area (Å²) in [7, 11) is 0. The Bertz CT molecular complexity index is 417. The van der Waals surface area contributed by atoms with Crippen LogP contribution in [0, 0.1) is 24.1 Å². The quantitative estimate of drug-likeness (QED) is 0.533. The molecule has 2 atom stereocenters. The first-order valence-corrected chi connectivity index (χ1v) is 5.05. The second-order valence-corrected chi connectivity index (χ2v) is 4.14. The Kier molecular flexibility index (Phi) is 2.50. The fourth-order valence-corrected chi connectivity index (χ4v) is 1.78. The van der Waals surface area contributed by atoms with Gasteiger partial charge in [0.25, 0.3) is 0 Å². The van der Waals surface area contributed by atoms with Gasteiger partial charge in [-0.15, -0.1) is 6.42 Å². The van der Waals surface area contributed by atoms with Crippen molar-refractivity contribution in [2.75, 3.05) is 0 Å². The van der Waals surface area contributed by atoms with Gasteiger partial charge < -0.3 is 4.74 Å². The normalized spacial score (nSPS) is 23.9. The van der Waals surface area contributed by atoms with E-state index in [-0.39, 0.29) is 18.0 Å². The summed E-state index contributed by atoms with van der Waals surface area (Å²) in [5, 5.41) is 0. The third kappa shape index (κ3) is 1.88. The summed E-state index contributed by atoms with van der Waals surface area (Å²) in [4.78, 5) is 0. The zero-order valence-electron chi connectivity index (χ0n) is 8.83. The molecule has 1 saturated heterocycles. The number of terminal acetylenes is 1. The summed E-state index contributed by atoms with van der Waals surface area (Å²) >= 11 is 0. The van der Waals surface area contributed by atoms with Crippen LogP contribution in [0.15, 0.2) is 18.2 Å². The van der Waals surface area contributed by atoms with Crippen molar-refractivity contribution < 1.29 is 9.13 Å². The lowest BCUT2D eigenvalue weighted by Crippen LogP contribution is -2.00. The SMILES string of the molecule is C#Cc1cc(F)ccc1C1OC1C(C)C. The minimum atomic E-state index is -0.298. The predicted octanol–water partition coefficient (Wildman–Crippen LogP) is 2.90. The van der Waals surface area contributed by atoms with Crippen molar-refractivity contribution in [3.05, 3.63) is 35.1 Å². The van der Waals surface area contributed by atoms with Crippen molar-refractivity contribution in [3.63, 3.8) is 0 Å². The minimum Gasteiger partial charge on any atom is -0.364 e. The predicted molar refractivity (Wildman–Crippen MR) is 56.8 cm³/mol. The van der Waals surface area contributed by atoms with Crippen LogP contribution >= 0.6 is 0 Å². The molecule has 1 fully saturated rings. The van der Waals surface area contributed by atoms with Gasteiger partial charge >= 0.3 is 0 Å². The lowest BCUT2D eigenvalue weighted by atomic mass is 9.99. The molecule has 0 saturated carbocycles. The molecule has 0 aliphatic carbocycles. The second-order valence-electron chi connectivity index (χ2n) is 4.14. The highest BCUT2D eigenvalue weighted by molar-refractivity contribution is 5.43. The monoisotopic (exact) mass is 204 g/mol. The average molecular weight is 204 g/mol. The molecule has 0 bridgehead atoms. The maximum absolute atomic E-state index is 12.9. The van der Waals surface area contributed by atoms with Gasteiger partial charge in [0.2, 0.25) is 0 Å². The summed E-state index contributed by atoms with van der Waals surface area (Å²) < 4.78 is 18.5. The Hall–Kier alpha value is -1.33. The molecule has 1 aromatic rings. The Morgan fingerprint density at radius 2 is 2.20 bits per heavy atom. The van der Waals surface area contributed by atoms with Crippen molar-refractivity contribution in [2.24, 2.45) is 5.92 Å². The van der Waals surface area contributed by atoms with Gasteiger partial charge in [-0.2, -0.15) is 0 Å². The van der Waals surface area contributed by atoms with Gasteiger partial charge in [0.15, 0.2) is 0 Å². The zero-order chi connectivity index (χ0) is 11.0. The van der Waals surface area contributed by atoms with Crippen LogP contribution in [-0.4, -0.2) is 6.10 Å². The van der Waals surface area contributed by atoms with E-state index in [1.165, 1.54) is 12.1 Å². The first kappa shape index (κ1) is 10.2. The molecule has 0 spiro atoms. The van der Waals surface area contributed by atoms with Crippen LogP contribution in [0.25, 0.3) is 0 Å². The third-order valence-corrected chi connectivity index (χ3v) is 2.66. The Morgan fingerprint density at radius 1 is 1.47 bits per heavy atom. The number of benzene rings is 1. The molecule has 1 aromatic carbocycles. The Labute approximate surface area is 89.3 Å². The van der Waals surface area contributed by atoms with Gasteiger partial charge in [-0.25, -0.2) is 4.39 Å². The van der Waals surface area contributed by atoms with Crippen LogP contribution < -0.4 is 0 Å². The van der Waals surface area contributed by atoms with Crippen molar-refractivity contribution >= 4 is 0 Å². The number of ether oxygens (including phenoxy) is 1. The van der Waals surface area contributed by atoms with E-state index < -0.39 is 0 Å². The van der Waals surface area contributed by atoms with Crippen LogP contribution in [0.3, 0.4) is 0 Å². The maximum atomic E-state index is 12.9. The van der Waals surface area contributed by atoms with Crippen LogP contribution in [0.2, 0.25) is 0 Å². The number of epoxide rings is 1. The molecular weight excluding hydrogens is 191 g/mol. The van der Waals surface area contributed by atoms with Gasteiger partial charge in [-0.05, 0) is 23.6 Å². The van der Waals surface area contributed by atoms with E-state index in [4.69, 9.17) is 11.2 Å². The smallest absolute Gasteiger partial charge is 0.124 e. The number of rotatable bonds is 2. The molecule has 0 amide bonds. The van der Waals surface area contributed by atoms with Crippen LogP contribution in [-0.2, 0) is 4.74 Å². The van der Waals surface area contributed by atoms with Gasteiger partial charge in [0.05, 0.1) is 6.10 Å². The third-order valence-electron chi connectivity index (χ3n) is 2.66. The largest absolute Gasteiger partial charge is 0.364 e. The first-order chi connectivity index (χ1) is 7.13. The average Bonchev–Trinajstić information content (AvgIpc) is 2.97. The van der Waals surface area contributed by atoms with E-state index in [2.05, 4.69) is 19.8 Å². The molecule has 2 rings (SSSR count). The summed E-state index contributed by atoms with van der Waals surface area (Å²) in [5.41, 5.74) is 1.53. The molecule has 0 radical (unpaired) electrons. The van der Waals surface area contributed by atoms with Gasteiger partial charge in [0.1, 0.15) is 11.9 Å². The summed E-state index contributed by atoms with van der Waals surface area (Å²) in [6.07, 6.45) is 5.61. The molecule has 2 unspecified atom stereocenters. The van der Waals surface area contributed by atoms with Crippen molar-refractivity contribution in [3.8, 4) is 12.3 Å². The van der Waals surface area contributed by atoms with E-state index in [1.807, 2.05) is 0 Å². The molecule has 2 heteroatoms. The van der Waals surface area contributed by atoms with E-state index in [1.54, 1.807) is 6.07 Å². The molecule has 15 heavy (non-hydrogen) atoms. The van der Waals surface area contributed by atoms with Gasteiger partial charge in [-0.3, -0.25) is 0 Å². The molecule has 78 valence electrons. The zero-order valence-corrected chi connectivity index (χ0v) is 8.83. The molecule has 1 aliphatic heterocycles. The van der Waals surface area contributed by atoms with E-state index in [9.17, 15) is 4.39 Å². The fraction of sp³-hybridized carbons (Fsp3) is 0.385. The van der Waals surface area contributed by atoms with Crippen molar-refractivity contribution in [1.82, 2.24) is 0 Å². The van der Waals surface area contributed by atoms with Crippen molar-refractivity contribution in [2.45, 2.75) is 26.1 Å². The summed E-state index contributed by atoms with van der Waals surface area (Å²) in [6.45, 7) is 4.20. The van der Waals surface area contributed by atoms with Crippen LogP contribution in [0.4, 0.5) is 4.39 Å². The van der Waals surface area contributed by atoms with E-state index in [0.717, 1.165) is 5.56 Å². The summed E-state index contributed by atoms with van der Waals surface area (Å²) in [6, 6.07) is 4.53. The lowest BCUT2D eigenvalue weighted by molar-refractivity contribution is 0.336. The van der Waals surface area contributed by atoms with E-state index >= 15 is 0 Å². The molecular formula is C13H13FO. The highest BCUT2D eigenvalue weighted by Gasteiger charge is 2.43. The molecule has 0 N–H and O–H groups in total. The molecule has 1 aliphatic rings. The fourth-order valence-electron chi connectivity index (χ4n) is 1.78. The molecule has 1 nitrogen and oxygen atoms in total. The van der Waals surface area contributed by atoms with Gasteiger partial charge in [-0.1, -0.05) is 25.8 Å². The highest BCUT2D eigenvalue weighted by atomic mass is 19.1. The first-order valence-electron chi connectivity index (χ1n) is 5.05.